The second kappa shape index (κ2) is 59.6. The van der Waals surface area contributed by atoms with Crippen LogP contribution in [0.3, 0.4) is 0 Å². The summed E-state index contributed by atoms with van der Waals surface area (Å²) in [6.45, 7) is 6.43. The molecule has 0 heterocycles. The third-order valence-corrected chi connectivity index (χ3v) is 12.5. The first-order valence-corrected chi connectivity index (χ1v) is 29.9. The van der Waals surface area contributed by atoms with Gasteiger partial charge >= 0.3 is 17.9 Å². The smallest absolute Gasteiger partial charge is 0.306 e. The Kier molecular flexibility index (Phi) is 56.4. The van der Waals surface area contributed by atoms with E-state index in [1.807, 2.05) is 6.08 Å². The SMILES string of the molecule is CC/C=C\C/C=C\C/C=C\C/C=C\C/C=C\C/C=C\CCC(=O)OCC(COC(=O)CCCCCCC/C=C\CCCCCCCCC)OC(=O)CCCCCCCCCCCC/C=C\C=C/CCCCC. The van der Waals surface area contributed by atoms with Crippen molar-refractivity contribution in [2.75, 3.05) is 13.2 Å². The normalized spacial score (nSPS) is 12.9. The maximum atomic E-state index is 12.9. The van der Waals surface area contributed by atoms with E-state index in [9.17, 15) is 14.4 Å². The lowest BCUT2D eigenvalue weighted by atomic mass is 10.1. The van der Waals surface area contributed by atoms with E-state index in [1.54, 1.807) is 0 Å². The molecule has 0 bridgehead atoms. The molecule has 0 fully saturated rings. The lowest BCUT2D eigenvalue weighted by Crippen LogP contribution is -2.30. The van der Waals surface area contributed by atoms with Crippen molar-refractivity contribution in [1.29, 1.82) is 0 Å². The number of unbranched alkanes of at least 4 members (excludes halogenated alkanes) is 25. The van der Waals surface area contributed by atoms with Crippen LogP contribution < -0.4 is 0 Å². The predicted octanol–water partition coefficient (Wildman–Crippen LogP) is 20.3. The van der Waals surface area contributed by atoms with Gasteiger partial charge in [0.25, 0.3) is 0 Å². The molecule has 0 saturated heterocycles. The van der Waals surface area contributed by atoms with Gasteiger partial charge in [-0.2, -0.15) is 0 Å². The van der Waals surface area contributed by atoms with Gasteiger partial charge in [-0.1, -0.05) is 252 Å². The van der Waals surface area contributed by atoms with Crippen LogP contribution in [0.5, 0.6) is 0 Å². The standard InChI is InChI=1S/C66H110O6/c1-4-7-10-13-16-19-22-25-28-31-33-35-38-41-44-47-50-53-56-59-65(68)71-62-63(61-70-64(67)58-55-52-49-46-43-40-37-30-27-24-21-18-15-12-9-6-3)72-66(69)60-57-54-51-48-45-42-39-36-34-32-29-26-23-20-17-14-11-8-5-2/h7,10,16-17,19-20,23,25-26,28,30,33,35,37,41,44,50,53,63H,4-6,8-9,11-15,18,21-22,24,27,29,31-32,34,36,38-40,42-43,45-49,51-52,54-62H2,1-3H3/b10-7-,19-16-,20-17-,26-23-,28-25-,35-33-,37-30-,44-41-,53-50-. The van der Waals surface area contributed by atoms with Gasteiger partial charge in [0.1, 0.15) is 13.2 Å². The van der Waals surface area contributed by atoms with E-state index in [-0.39, 0.29) is 37.5 Å². The molecule has 6 heteroatoms. The number of esters is 3. The number of ether oxygens (including phenoxy) is 3. The van der Waals surface area contributed by atoms with Crippen molar-refractivity contribution in [2.24, 2.45) is 0 Å². The largest absolute Gasteiger partial charge is 0.462 e. The number of rotatable bonds is 53. The molecular weight excluding hydrogens is 889 g/mol. The molecule has 0 aliphatic heterocycles. The monoisotopic (exact) mass is 999 g/mol. The first-order valence-electron chi connectivity index (χ1n) is 29.9. The molecule has 0 N–H and O–H groups in total. The van der Waals surface area contributed by atoms with E-state index in [0.29, 0.717) is 19.3 Å². The van der Waals surface area contributed by atoms with Crippen LogP contribution in [0.2, 0.25) is 0 Å². The average molecular weight is 1000 g/mol. The van der Waals surface area contributed by atoms with Crippen LogP contribution in [0.25, 0.3) is 0 Å². The third kappa shape index (κ3) is 57.0. The van der Waals surface area contributed by atoms with Crippen molar-refractivity contribution in [1.82, 2.24) is 0 Å². The molecule has 1 atom stereocenters. The molecule has 0 aliphatic rings. The molecule has 0 aromatic heterocycles. The summed E-state index contributed by atoms with van der Waals surface area (Å²) >= 11 is 0. The van der Waals surface area contributed by atoms with E-state index >= 15 is 0 Å². The molecule has 1 unspecified atom stereocenters. The first kappa shape index (κ1) is 68.1. The second-order valence-electron chi connectivity index (χ2n) is 19.5. The molecule has 0 aromatic rings. The molecule has 0 spiro atoms. The fourth-order valence-corrected chi connectivity index (χ4v) is 8.04. The quantitative estimate of drug-likeness (QED) is 0.0199. The van der Waals surface area contributed by atoms with Crippen LogP contribution in [0.4, 0.5) is 0 Å². The van der Waals surface area contributed by atoms with Crippen molar-refractivity contribution in [3.8, 4) is 0 Å². The van der Waals surface area contributed by atoms with Crippen LogP contribution in [-0.4, -0.2) is 37.2 Å². The molecular formula is C66H110O6. The molecule has 0 saturated carbocycles. The number of allylic oxidation sites excluding steroid dienone is 18. The summed E-state index contributed by atoms with van der Waals surface area (Å²) in [5, 5.41) is 0. The molecule has 0 radical (unpaired) electrons. The maximum Gasteiger partial charge on any atom is 0.306 e. The van der Waals surface area contributed by atoms with Crippen molar-refractivity contribution in [2.45, 2.75) is 277 Å². The average Bonchev–Trinajstić information content (AvgIpc) is 3.38. The Hall–Kier alpha value is -3.93. The van der Waals surface area contributed by atoms with E-state index in [4.69, 9.17) is 14.2 Å². The predicted molar refractivity (Wildman–Crippen MR) is 311 cm³/mol. The van der Waals surface area contributed by atoms with Crippen molar-refractivity contribution in [3.05, 3.63) is 109 Å². The second-order valence-corrected chi connectivity index (χ2v) is 19.5. The van der Waals surface area contributed by atoms with Gasteiger partial charge in [0.2, 0.25) is 0 Å². The third-order valence-electron chi connectivity index (χ3n) is 12.5. The first-order chi connectivity index (χ1) is 35.5. The lowest BCUT2D eigenvalue weighted by Gasteiger charge is -2.18. The minimum Gasteiger partial charge on any atom is -0.462 e. The van der Waals surface area contributed by atoms with Gasteiger partial charge in [0, 0.05) is 19.3 Å². The van der Waals surface area contributed by atoms with E-state index in [1.165, 1.54) is 135 Å². The fraction of sp³-hybridized carbons (Fsp3) is 0.682. The Balaban J connectivity index is 4.51. The van der Waals surface area contributed by atoms with Crippen LogP contribution in [0, 0.1) is 0 Å². The number of carbonyl (C=O) groups excluding carboxylic acids is 3. The zero-order valence-corrected chi connectivity index (χ0v) is 46.9. The van der Waals surface area contributed by atoms with Crippen molar-refractivity contribution >= 4 is 17.9 Å². The maximum absolute atomic E-state index is 12.9. The van der Waals surface area contributed by atoms with Crippen LogP contribution in [-0.2, 0) is 28.6 Å². The Bertz CT molecular complexity index is 1470. The number of carbonyl (C=O) groups is 3. The van der Waals surface area contributed by atoms with Gasteiger partial charge in [-0.15, -0.1) is 0 Å². The molecule has 72 heavy (non-hydrogen) atoms. The molecule has 0 aromatic carbocycles. The van der Waals surface area contributed by atoms with Gasteiger partial charge < -0.3 is 14.2 Å². The van der Waals surface area contributed by atoms with Crippen LogP contribution in [0.1, 0.15) is 271 Å². The zero-order valence-electron chi connectivity index (χ0n) is 46.9. The Labute approximate surface area is 444 Å². The highest BCUT2D eigenvalue weighted by molar-refractivity contribution is 5.71. The van der Waals surface area contributed by atoms with E-state index in [0.717, 1.165) is 89.9 Å². The molecule has 0 amide bonds. The van der Waals surface area contributed by atoms with Crippen molar-refractivity contribution in [3.63, 3.8) is 0 Å². The Morgan fingerprint density at radius 3 is 1.04 bits per heavy atom. The fourth-order valence-electron chi connectivity index (χ4n) is 8.04. The number of hydrogen-bond donors (Lipinski definition) is 0. The molecule has 0 rings (SSSR count). The lowest BCUT2D eigenvalue weighted by molar-refractivity contribution is -0.166. The molecule has 410 valence electrons. The zero-order chi connectivity index (χ0) is 52.2. The Morgan fingerprint density at radius 2 is 0.611 bits per heavy atom. The summed E-state index contributed by atoms with van der Waals surface area (Å²) in [5.41, 5.74) is 0. The summed E-state index contributed by atoms with van der Waals surface area (Å²) in [5.74, 6) is -1.00. The molecule has 0 aliphatic carbocycles. The van der Waals surface area contributed by atoms with Gasteiger partial charge in [-0.25, -0.2) is 0 Å². The van der Waals surface area contributed by atoms with Gasteiger partial charge in [-0.05, 0) is 109 Å². The van der Waals surface area contributed by atoms with Crippen molar-refractivity contribution < 1.29 is 28.6 Å². The van der Waals surface area contributed by atoms with Crippen LogP contribution in [0.15, 0.2) is 109 Å². The summed E-state index contributed by atoms with van der Waals surface area (Å²) in [6, 6.07) is 0. The summed E-state index contributed by atoms with van der Waals surface area (Å²) < 4.78 is 16.8. The van der Waals surface area contributed by atoms with E-state index < -0.39 is 6.10 Å². The summed E-state index contributed by atoms with van der Waals surface area (Å²) in [4.78, 5) is 38.2. The van der Waals surface area contributed by atoms with E-state index in [2.05, 4.69) is 124 Å². The summed E-state index contributed by atoms with van der Waals surface area (Å²) in [6.07, 6.45) is 80.9. The summed E-state index contributed by atoms with van der Waals surface area (Å²) in [7, 11) is 0. The highest BCUT2D eigenvalue weighted by atomic mass is 16.6. The number of hydrogen-bond acceptors (Lipinski definition) is 6. The highest BCUT2D eigenvalue weighted by Gasteiger charge is 2.19. The topological polar surface area (TPSA) is 78.9 Å². The Morgan fingerprint density at radius 1 is 0.306 bits per heavy atom. The minimum atomic E-state index is -0.816. The van der Waals surface area contributed by atoms with Gasteiger partial charge in [-0.3, -0.25) is 14.4 Å². The van der Waals surface area contributed by atoms with Gasteiger partial charge in [0.05, 0.1) is 0 Å². The highest BCUT2D eigenvalue weighted by Crippen LogP contribution is 2.15. The molecule has 6 nitrogen and oxygen atoms in total. The van der Waals surface area contributed by atoms with Gasteiger partial charge in [0.15, 0.2) is 6.10 Å². The van der Waals surface area contributed by atoms with Crippen LogP contribution >= 0.6 is 0 Å². The minimum absolute atomic E-state index is 0.108.